The number of fused-ring (bicyclic) bond motifs is 7. The fraction of sp³-hybridized carbons (Fsp3) is 0.145. The molecule has 1 aromatic heterocycles. The average Bonchev–Trinajstić information content (AvgIpc) is 3.84. The minimum absolute atomic E-state index is 0.355. The molecule has 3 heteroatoms. The summed E-state index contributed by atoms with van der Waals surface area (Å²) in [6, 6.07) is 61.4. The third-order valence-corrected chi connectivity index (χ3v) is 12.7. The van der Waals surface area contributed by atoms with Crippen LogP contribution in [0, 0.1) is 0 Å². The molecule has 1 heterocycles. The standard InChI is InChI=1S/C60H49N3.C2H6/c1-5-17-40(18-6-2)41-30-36-46(37-31-41)58-61-57(45-20-10-9-11-21-45)62-59(63-58)47-38-32-43(33-39-47)42-28-34-44(35-29-42)49-24-16-27-55-56(49)51-23-13-15-26-54(51)60(55)52(19-7-3)48(8-4)50-22-12-14-25-53(50)60;1-2/h5,8-39H,6-7H2,1-4H3;1-2H3/b17-5-,40-18+,48-8-,52-19+;. The lowest BCUT2D eigenvalue weighted by atomic mass is 9.70. The average molecular weight is 842 g/mol. The van der Waals surface area contributed by atoms with E-state index in [-0.39, 0.29) is 5.41 Å². The van der Waals surface area contributed by atoms with Crippen molar-refractivity contribution < 1.29 is 0 Å². The van der Waals surface area contributed by atoms with Gasteiger partial charge in [-0.25, -0.2) is 15.0 Å². The topological polar surface area (TPSA) is 38.7 Å². The van der Waals surface area contributed by atoms with Gasteiger partial charge in [-0.3, -0.25) is 0 Å². The first-order valence-corrected chi connectivity index (χ1v) is 23.2. The van der Waals surface area contributed by atoms with Crippen molar-refractivity contribution in [2.45, 2.75) is 59.8 Å². The van der Waals surface area contributed by atoms with Gasteiger partial charge in [0.1, 0.15) is 0 Å². The first kappa shape index (κ1) is 42.8. The van der Waals surface area contributed by atoms with Crippen LogP contribution in [0.2, 0.25) is 0 Å². The van der Waals surface area contributed by atoms with E-state index < -0.39 is 0 Å². The summed E-state index contributed by atoms with van der Waals surface area (Å²) in [4.78, 5) is 15.0. The highest BCUT2D eigenvalue weighted by molar-refractivity contribution is 6.03. The summed E-state index contributed by atoms with van der Waals surface area (Å²) < 4.78 is 0. The Morgan fingerprint density at radius 2 is 0.938 bits per heavy atom. The highest BCUT2D eigenvalue weighted by Gasteiger charge is 2.53. The summed E-state index contributed by atoms with van der Waals surface area (Å²) in [6.07, 6.45) is 13.2. The summed E-state index contributed by atoms with van der Waals surface area (Å²) in [5.41, 5.74) is 20.4. The molecule has 0 N–H and O–H groups in total. The molecule has 1 spiro atoms. The van der Waals surface area contributed by atoms with Crippen LogP contribution in [0.1, 0.15) is 82.2 Å². The Morgan fingerprint density at radius 3 is 1.51 bits per heavy atom. The molecule has 1 atom stereocenters. The number of benzene rings is 7. The van der Waals surface area contributed by atoms with E-state index in [4.69, 9.17) is 15.0 Å². The van der Waals surface area contributed by atoms with E-state index in [0.717, 1.165) is 40.7 Å². The van der Waals surface area contributed by atoms with E-state index in [0.29, 0.717) is 17.5 Å². The van der Waals surface area contributed by atoms with Gasteiger partial charge in [-0.05, 0) is 105 Å². The fourth-order valence-electron chi connectivity index (χ4n) is 9.96. The number of nitrogens with zero attached hydrogens (tertiary/aromatic N) is 3. The monoisotopic (exact) mass is 841 g/mol. The van der Waals surface area contributed by atoms with Crippen LogP contribution < -0.4 is 0 Å². The molecule has 0 fully saturated rings. The van der Waals surface area contributed by atoms with Crippen molar-refractivity contribution >= 4 is 11.1 Å². The van der Waals surface area contributed by atoms with Crippen molar-refractivity contribution in [2.75, 3.05) is 0 Å². The number of rotatable bonds is 9. The molecule has 318 valence electrons. The van der Waals surface area contributed by atoms with Gasteiger partial charge in [-0.15, -0.1) is 0 Å². The fourth-order valence-corrected chi connectivity index (χ4v) is 9.96. The Morgan fingerprint density at radius 1 is 0.462 bits per heavy atom. The Kier molecular flexibility index (Phi) is 12.3. The van der Waals surface area contributed by atoms with E-state index in [2.05, 4.69) is 198 Å². The van der Waals surface area contributed by atoms with Crippen molar-refractivity contribution in [3.8, 4) is 67.5 Å². The minimum atomic E-state index is -0.355. The second-order valence-corrected chi connectivity index (χ2v) is 16.3. The largest absolute Gasteiger partial charge is 0.208 e. The number of hydrogen-bond acceptors (Lipinski definition) is 3. The Hall–Kier alpha value is -7.49. The summed E-state index contributed by atoms with van der Waals surface area (Å²) in [6.45, 7) is 12.6. The molecule has 0 amide bonds. The minimum Gasteiger partial charge on any atom is -0.208 e. The second kappa shape index (κ2) is 18.7. The summed E-state index contributed by atoms with van der Waals surface area (Å²) in [5, 5.41) is 0. The van der Waals surface area contributed by atoms with Gasteiger partial charge in [-0.1, -0.05) is 228 Å². The Bertz CT molecular complexity index is 3110. The highest BCUT2D eigenvalue weighted by atomic mass is 15.0. The maximum absolute atomic E-state index is 5.04. The van der Waals surface area contributed by atoms with Crippen LogP contribution in [0.5, 0.6) is 0 Å². The molecular weight excluding hydrogens is 787 g/mol. The third kappa shape index (κ3) is 7.51. The lowest BCUT2D eigenvalue weighted by Gasteiger charge is -2.31. The molecule has 65 heavy (non-hydrogen) atoms. The molecule has 0 saturated heterocycles. The summed E-state index contributed by atoms with van der Waals surface area (Å²) in [5.74, 6) is 1.94. The quantitative estimate of drug-likeness (QED) is 0.136. The van der Waals surface area contributed by atoms with Crippen LogP contribution in [-0.2, 0) is 5.41 Å². The van der Waals surface area contributed by atoms with Gasteiger partial charge in [0, 0.05) is 16.7 Å². The van der Waals surface area contributed by atoms with E-state index in [1.165, 1.54) is 66.8 Å². The molecule has 8 aromatic rings. The third-order valence-electron chi connectivity index (χ3n) is 12.7. The zero-order chi connectivity index (χ0) is 44.9. The molecule has 0 radical (unpaired) electrons. The summed E-state index contributed by atoms with van der Waals surface area (Å²) in [7, 11) is 0. The first-order valence-electron chi connectivity index (χ1n) is 23.2. The SMILES string of the molecule is C/C=C\C(=C/CC)c1ccc(-c2nc(-c3ccccc3)nc(-c3ccc(-c4ccc(-c5cccc6c5-c5ccccc5C65C(=C/CC)/C(=C\C)c6ccccc65)cc4)cc3)n2)cc1.CC. The van der Waals surface area contributed by atoms with Crippen LogP contribution in [0.4, 0.5) is 0 Å². The number of aromatic nitrogens is 3. The van der Waals surface area contributed by atoms with Crippen molar-refractivity contribution in [3.05, 3.63) is 234 Å². The Balaban J connectivity index is 0.00000263. The van der Waals surface area contributed by atoms with Crippen molar-refractivity contribution in [3.63, 3.8) is 0 Å². The van der Waals surface area contributed by atoms with Crippen LogP contribution in [-0.4, -0.2) is 15.0 Å². The molecule has 0 aliphatic heterocycles. The molecule has 0 saturated carbocycles. The van der Waals surface area contributed by atoms with Gasteiger partial charge in [-0.2, -0.15) is 0 Å². The number of hydrogen-bond donors (Lipinski definition) is 0. The zero-order valence-corrected chi connectivity index (χ0v) is 38.3. The number of allylic oxidation sites excluding steroid dienone is 8. The van der Waals surface area contributed by atoms with Gasteiger partial charge >= 0.3 is 0 Å². The molecule has 7 aromatic carbocycles. The van der Waals surface area contributed by atoms with E-state index in [1.54, 1.807) is 0 Å². The molecule has 2 aliphatic rings. The predicted octanol–water partition coefficient (Wildman–Crippen LogP) is 16.7. The van der Waals surface area contributed by atoms with Gasteiger partial charge in [0.2, 0.25) is 0 Å². The van der Waals surface area contributed by atoms with Crippen molar-refractivity contribution in [2.24, 2.45) is 0 Å². The van der Waals surface area contributed by atoms with Crippen LogP contribution in [0.25, 0.3) is 78.7 Å². The Labute approximate surface area is 385 Å². The van der Waals surface area contributed by atoms with Gasteiger partial charge < -0.3 is 0 Å². The highest BCUT2D eigenvalue weighted by Crippen LogP contribution is 2.64. The van der Waals surface area contributed by atoms with Gasteiger partial charge in [0.05, 0.1) is 5.41 Å². The molecule has 3 nitrogen and oxygen atoms in total. The molecule has 10 rings (SSSR count). The normalized spacial score (nSPS) is 16.1. The van der Waals surface area contributed by atoms with E-state index >= 15 is 0 Å². The van der Waals surface area contributed by atoms with Crippen molar-refractivity contribution in [1.82, 2.24) is 15.0 Å². The second-order valence-electron chi connectivity index (χ2n) is 16.3. The van der Waals surface area contributed by atoms with Crippen molar-refractivity contribution in [1.29, 1.82) is 0 Å². The van der Waals surface area contributed by atoms with Crippen LogP contribution in [0.15, 0.2) is 206 Å². The molecule has 0 bridgehead atoms. The smallest absolute Gasteiger partial charge is 0.164 e. The van der Waals surface area contributed by atoms with E-state index in [9.17, 15) is 0 Å². The maximum Gasteiger partial charge on any atom is 0.164 e. The summed E-state index contributed by atoms with van der Waals surface area (Å²) >= 11 is 0. The molecule has 2 aliphatic carbocycles. The first-order chi connectivity index (χ1) is 32.1. The molecule has 1 unspecified atom stereocenters. The lowest BCUT2D eigenvalue weighted by molar-refractivity contribution is 0.789. The van der Waals surface area contributed by atoms with Crippen LogP contribution in [0.3, 0.4) is 0 Å². The van der Waals surface area contributed by atoms with Gasteiger partial charge in [0.25, 0.3) is 0 Å². The molecular formula is C62H55N3. The predicted molar refractivity (Wildman–Crippen MR) is 275 cm³/mol. The maximum atomic E-state index is 5.04. The van der Waals surface area contributed by atoms with Crippen LogP contribution >= 0.6 is 0 Å². The van der Waals surface area contributed by atoms with E-state index in [1.807, 2.05) is 44.2 Å². The van der Waals surface area contributed by atoms with Gasteiger partial charge in [0.15, 0.2) is 17.5 Å². The zero-order valence-electron chi connectivity index (χ0n) is 38.3. The lowest BCUT2D eigenvalue weighted by Crippen LogP contribution is -2.26.